The van der Waals surface area contributed by atoms with Gasteiger partial charge >= 0.3 is 6.03 Å². The predicted octanol–water partition coefficient (Wildman–Crippen LogP) is 6.25. The third kappa shape index (κ3) is 5.18. The van der Waals surface area contributed by atoms with Crippen molar-refractivity contribution in [3.8, 4) is 0 Å². The lowest BCUT2D eigenvalue weighted by molar-refractivity contribution is -0.110. The molecule has 1 aliphatic heterocycles. The van der Waals surface area contributed by atoms with Gasteiger partial charge in [-0.05, 0) is 61.5 Å². The predicted molar refractivity (Wildman–Crippen MR) is 140 cm³/mol. The first kappa shape index (κ1) is 22.2. The molecule has 0 atom stereocenters. The summed E-state index contributed by atoms with van der Waals surface area (Å²) in [6, 6.07) is 19.5. The minimum Gasteiger partial charge on any atom is -0.355 e. The smallest absolute Gasteiger partial charge is 0.323 e. The van der Waals surface area contributed by atoms with Crippen molar-refractivity contribution in [1.82, 2.24) is 9.97 Å². The number of fused-ring (bicyclic) bond motifs is 1. The normalized spacial score (nSPS) is 13.3. The largest absolute Gasteiger partial charge is 0.355 e. The SMILES string of the molecule is Cc1c[nH]c(C=C2C(=O)Nc3cc(Nc4cccc(NC(=O)Nc5cccc(Cl)c5)c4)ccc32)n1. The zero-order valence-corrected chi connectivity index (χ0v) is 19.4. The highest BCUT2D eigenvalue weighted by molar-refractivity contribution is 6.35. The minimum atomic E-state index is -0.379. The fraction of sp³-hybridized carbons (Fsp3) is 0.0385. The summed E-state index contributed by atoms with van der Waals surface area (Å²) in [5.41, 5.74) is 5.71. The van der Waals surface area contributed by atoms with Crippen molar-refractivity contribution in [3.05, 3.63) is 95.0 Å². The first-order chi connectivity index (χ1) is 16.9. The molecular weight excluding hydrogens is 464 g/mol. The Labute approximate surface area is 206 Å². The highest BCUT2D eigenvalue weighted by Crippen LogP contribution is 2.35. The molecule has 5 rings (SSSR count). The van der Waals surface area contributed by atoms with Crippen LogP contribution in [0.25, 0.3) is 11.6 Å². The van der Waals surface area contributed by atoms with Crippen LogP contribution in [0.15, 0.2) is 72.9 Å². The van der Waals surface area contributed by atoms with Gasteiger partial charge in [-0.3, -0.25) is 4.79 Å². The number of H-pyrrole nitrogens is 1. The summed E-state index contributed by atoms with van der Waals surface area (Å²) in [6.45, 7) is 1.88. The minimum absolute atomic E-state index is 0.178. The Morgan fingerprint density at radius 2 is 1.66 bits per heavy atom. The van der Waals surface area contributed by atoms with Crippen LogP contribution in [0.2, 0.25) is 5.02 Å². The zero-order valence-electron chi connectivity index (χ0n) is 18.6. The van der Waals surface area contributed by atoms with Gasteiger partial charge in [-0.15, -0.1) is 0 Å². The van der Waals surface area contributed by atoms with E-state index >= 15 is 0 Å². The van der Waals surface area contributed by atoms with Crippen LogP contribution in [0.5, 0.6) is 0 Å². The van der Waals surface area contributed by atoms with Gasteiger partial charge in [-0.25, -0.2) is 9.78 Å². The molecule has 35 heavy (non-hydrogen) atoms. The molecule has 0 fully saturated rings. The molecule has 8 nitrogen and oxygen atoms in total. The quantitative estimate of drug-likeness (QED) is 0.215. The van der Waals surface area contributed by atoms with Crippen LogP contribution >= 0.6 is 11.6 Å². The lowest BCUT2D eigenvalue weighted by Crippen LogP contribution is -2.19. The van der Waals surface area contributed by atoms with Crippen molar-refractivity contribution in [2.45, 2.75) is 6.92 Å². The second kappa shape index (κ2) is 9.36. The van der Waals surface area contributed by atoms with Gasteiger partial charge in [-0.1, -0.05) is 29.8 Å². The number of nitrogens with one attached hydrogen (secondary N) is 5. The van der Waals surface area contributed by atoms with Gasteiger partial charge in [0.05, 0.1) is 17.0 Å². The van der Waals surface area contributed by atoms with E-state index in [1.165, 1.54) is 0 Å². The van der Waals surface area contributed by atoms with Crippen molar-refractivity contribution >= 4 is 63.6 Å². The molecule has 0 saturated heterocycles. The fourth-order valence-electron chi connectivity index (χ4n) is 3.76. The van der Waals surface area contributed by atoms with E-state index in [1.807, 2.05) is 43.3 Å². The molecule has 174 valence electrons. The number of anilines is 5. The molecule has 1 aromatic heterocycles. The van der Waals surface area contributed by atoms with Crippen molar-refractivity contribution in [2.24, 2.45) is 0 Å². The van der Waals surface area contributed by atoms with E-state index in [9.17, 15) is 9.59 Å². The first-order valence-electron chi connectivity index (χ1n) is 10.8. The third-order valence-electron chi connectivity index (χ3n) is 5.30. The third-order valence-corrected chi connectivity index (χ3v) is 5.54. The number of aromatic nitrogens is 2. The molecule has 4 aromatic rings. The molecule has 0 spiro atoms. The van der Waals surface area contributed by atoms with E-state index in [4.69, 9.17) is 11.6 Å². The van der Waals surface area contributed by atoms with E-state index in [2.05, 4.69) is 31.2 Å². The molecule has 0 bridgehead atoms. The highest BCUT2D eigenvalue weighted by atomic mass is 35.5. The molecule has 0 saturated carbocycles. The van der Waals surface area contributed by atoms with Gasteiger partial charge in [0.2, 0.25) is 0 Å². The number of carbonyl (C=O) groups is 2. The number of carbonyl (C=O) groups excluding carboxylic acids is 2. The number of rotatable bonds is 5. The Balaban J connectivity index is 1.28. The Morgan fingerprint density at radius 1 is 0.943 bits per heavy atom. The number of aromatic amines is 1. The summed E-state index contributed by atoms with van der Waals surface area (Å²) in [6.07, 6.45) is 3.53. The lowest BCUT2D eigenvalue weighted by atomic mass is 10.1. The topological polar surface area (TPSA) is 111 Å². The number of aryl methyl sites for hydroxylation is 1. The van der Waals surface area contributed by atoms with Crippen molar-refractivity contribution < 1.29 is 9.59 Å². The second-order valence-electron chi connectivity index (χ2n) is 7.99. The summed E-state index contributed by atoms with van der Waals surface area (Å²) in [7, 11) is 0. The Kier molecular flexibility index (Phi) is 5.95. The fourth-order valence-corrected chi connectivity index (χ4v) is 3.95. The first-order valence-corrected chi connectivity index (χ1v) is 11.2. The summed E-state index contributed by atoms with van der Waals surface area (Å²) in [5.74, 6) is 0.453. The second-order valence-corrected chi connectivity index (χ2v) is 8.43. The summed E-state index contributed by atoms with van der Waals surface area (Å²) >= 11 is 5.96. The molecule has 2 heterocycles. The van der Waals surface area contributed by atoms with Crippen LogP contribution in [0.3, 0.4) is 0 Å². The summed E-state index contributed by atoms with van der Waals surface area (Å²) < 4.78 is 0. The summed E-state index contributed by atoms with van der Waals surface area (Å²) in [5, 5.41) is 12.3. The van der Waals surface area contributed by atoms with Crippen LogP contribution in [-0.4, -0.2) is 21.9 Å². The van der Waals surface area contributed by atoms with Gasteiger partial charge < -0.3 is 26.3 Å². The molecule has 0 aliphatic carbocycles. The van der Waals surface area contributed by atoms with E-state index in [0.29, 0.717) is 33.5 Å². The zero-order chi connectivity index (χ0) is 24.4. The maximum absolute atomic E-state index is 12.5. The van der Waals surface area contributed by atoms with Gasteiger partial charge in [0.1, 0.15) is 5.82 Å². The van der Waals surface area contributed by atoms with Gasteiger partial charge in [-0.2, -0.15) is 0 Å². The van der Waals surface area contributed by atoms with Crippen LogP contribution in [-0.2, 0) is 4.79 Å². The molecule has 0 radical (unpaired) electrons. The number of benzene rings is 3. The van der Waals surface area contributed by atoms with E-state index in [0.717, 1.165) is 22.6 Å². The Bertz CT molecular complexity index is 1480. The number of imidazole rings is 1. The van der Waals surface area contributed by atoms with E-state index in [-0.39, 0.29) is 11.9 Å². The maximum Gasteiger partial charge on any atom is 0.323 e. The molecule has 3 amide bonds. The number of urea groups is 1. The number of amides is 3. The van der Waals surface area contributed by atoms with E-state index in [1.54, 1.807) is 42.6 Å². The number of nitrogens with zero attached hydrogens (tertiary/aromatic N) is 1. The maximum atomic E-state index is 12.5. The summed E-state index contributed by atoms with van der Waals surface area (Å²) in [4.78, 5) is 32.2. The van der Waals surface area contributed by atoms with Crippen molar-refractivity contribution in [1.29, 1.82) is 0 Å². The van der Waals surface area contributed by atoms with Crippen LogP contribution in [0, 0.1) is 6.92 Å². The average molecular weight is 485 g/mol. The van der Waals surface area contributed by atoms with Gasteiger partial charge in [0, 0.05) is 39.5 Å². The molecule has 0 unspecified atom stereocenters. The van der Waals surface area contributed by atoms with Gasteiger partial charge in [0.25, 0.3) is 5.91 Å². The van der Waals surface area contributed by atoms with Crippen LogP contribution < -0.4 is 21.3 Å². The van der Waals surface area contributed by atoms with Crippen LogP contribution in [0.4, 0.5) is 33.2 Å². The Hall–Kier alpha value is -4.56. The molecular formula is C26H21ClN6O2. The molecule has 1 aliphatic rings. The lowest BCUT2D eigenvalue weighted by Gasteiger charge is -2.11. The average Bonchev–Trinajstić information content (AvgIpc) is 3.36. The molecule has 5 N–H and O–H groups in total. The standard InChI is InChI=1S/C26H21ClN6O2/c1-15-14-28-24(29-15)13-22-21-9-8-20(12-23(21)33-25(22)34)30-18-6-3-7-19(11-18)32-26(35)31-17-5-2-4-16(27)10-17/h2-14,30H,1H3,(H,28,29)(H,33,34)(H2,31,32,35). The Morgan fingerprint density at radius 3 is 2.40 bits per heavy atom. The number of halogens is 1. The molecule has 9 heteroatoms. The van der Waals surface area contributed by atoms with Crippen molar-refractivity contribution in [3.63, 3.8) is 0 Å². The van der Waals surface area contributed by atoms with Crippen molar-refractivity contribution in [2.75, 3.05) is 21.3 Å². The van der Waals surface area contributed by atoms with Gasteiger partial charge in [0.15, 0.2) is 0 Å². The van der Waals surface area contributed by atoms with E-state index < -0.39 is 0 Å². The highest BCUT2D eigenvalue weighted by Gasteiger charge is 2.24. The van der Waals surface area contributed by atoms with Crippen LogP contribution in [0.1, 0.15) is 17.1 Å². The monoisotopic (exact) mass is 484 g/mol. The number of hydrogen-bond donors (Lipinski definition) is 5. The number of hydrogen-bond acceptors (Lipinski definition) is 4. The molecule has 3 aromatic carbocycles.